The molecule has 2 aromatic rings. The van der Waals surface area contributed by atoms with Crippen LogP contribution in [0.15, 0.2) is 12.3 Å². The zero-order valence-corrected chi connectivity index (χ0v) is 11.2. The van der Waals surface area contributed by atoms with Crippen LogP contribution in [0, 0.1) is 18.8 Å². The van der Waals surface area contributed by atoms with Gasteiger partial charge in [-0.05, 0) is 43.2 Å². The maximum atomic E-state index is 6.12. The van der Waals surface area contributed by atoms with Gasteiger partial charge in [-0.2, -0.15) is 0 Å². The number of nitrogen functional groups attached to an aromatic ring is 1. The highest BCUT2D eigenvalue weighted by atomic mass is 15.2. The van der Waals surface area contributed by atoms with Gasteiger partial charge in [-0.25, -0.2) is 9.97 Å². The summed E-state index contributed by atoms with van der Waals surface area (Å²) >= 11 is 0. The van der Waals surface area contributed by atoms with Gasteiger partial charge in [0, 0.05) is 12.2 Å². The highest BCUT2D eigenvalue weighted by Crippen LogP contribution is 2.42. The summed E-state index contributed by atoms with van der Waals surface area (Å²) in [5.41, 5.74) is 9.15. The van der Waals surface area contributed by atoms with Gasteiger partial charge >= 0.3 is 0 Å². The van der Waals surface area contributed by atoms with E-state index in [9.17, 15) is 0 Å². The third kappa shape index (κ3) is 1.51. The topological polar surface area (TPSA) is 56.7 Å². The Balaban J connectivity index is 2.17. The smallest absolute Gasteiger partial charge is 0.202 e. The van der Waals surface area contributed by atoms with Gasteiger partial charge in [0.1, 0.15) is 5.52 Å². The van der Waals surface area contributed by atoms with E-state index in [2.05, 4.69) is 35.3 Å². The Kier molecular flexibility index (Phi) is 2.54. The Labute approximate surface area is 107 Å². The number of imidazole rings is 1. The Bertz CT molecular complexity index is 587. The molecule has 3 unspecified atom stereocenters. The van der Waals surface area contributed by atoms with Gasteiger partial charge in [0.15, 0.2) is 5.65 Å². The van der Waals surface area contributed by atoms with Crippen molar-refractivity contribution in [3.05, 3.63) is 17.8 Å². The first-order chi connectivity index (χ1) is 8.59. The zero-order valence-electron chi connectivity index (χ0n) is 11.2. The normalized spacial score (nSPS) is 28.1. The maximum Gasteiger partial charge on any atom is 0.202 e. The van der Waals surface area contributed by atoms with Gasteiger partial charge in [-0.15, -0.1) is 0 Å². The molecule has 0 bridgehead atoms. The summed E-state index contributed by atoms with van der Waals surface area (Å²) in [4.78, 5) is 8.98. The summed E-state index contributed by atoms with van der Waals surface area (Å²) in [6, 6.07) is 2.43. The SMILES string of the molecule is Cc1ccnc2c1nc(N)n2C1CCC(C)C1C. The molecule has 4 nitrogen and oxygen atoms in total. The average molecular weight is 244 g/mol. The van der Waals surface area contributed by atoms with E-state index in [-0.39, 0.29) is 0 Å². The Hall–Kier alpha value is -1.58. The lowest BCUT2D eigenvalue weighted by molar-refractivity contribution is 0.360. The van der Waals surface area contributed by atoms with E-state index in [4.69, 9.17) is 5.73 Å². The number of hydrogen-bond acceptors (Lipinski definition) is 3. The molecule has 96 valence electrons. The highest BCUT2D eigenvalue weighted by Gasteiger charge is 2.33. The first-order valence-corrected chi connectivity index (χ1v) is 6.68. The fourth-order valence-electron chi connectivity index (χ4n) is 3.16. The lowest BCUT2D eigenvalue weighted by Crippen LogP contribution is -2.16. The molecular formula is C14H20N4. The molecule has 2 heterocycles. The molecule has 0 saturated heterocycles. The predicted octanol–water partition coefficient (Wildman–Crippen LogP) is 2.93. The molecule has 2 aromatic heterocycles. The van der Waals surface area contributed by atoms with E-state index in [1.807, 2.05) is 12.3 Å². The van der Waals surface area contributed by atoms with Crippen molar-refractivity contribution in [2.75, 3.05) is 5.73 Å². The number of anilines is 1. The van der Waals surface area contributed by atoms with Gasteiger partial charge in [0.2, 0.25) is 5.95 Å². The van der Waals surface area contributed by atoms with Crippen LogP contribution in [0.4, 0.5) is 5.95 Å². The van der Waals surface area contributed by atoms with Crippen LogP contribution in [0.5, 0.6) is 0 Å². The molecule has 0 amide bonds. The molecule has 3 atom stereocenters. The van der Waals surface area contributed by atoms with E-state index in [0.717, 1.165) is 22.6 Å². The summed E-state index contributed by atoms with van der Waals surface area (Å²) in [5.74, 6) is 1.99. The van der Waals surface area contributed by atoms with Crippen LogP contribution in [-0.4, -0.2) is 14.5 Å². The molecule has 0 aliphatic heterocycles. The minimum Gasteiger partial charge on any atom is -0.369 e. The standard InChI is InChI=1S/C14H20N4/c1-8-4-5-11(10(8)3)18-13-12(17-14(18)15)9(2)6-7-16-13/h6-8,10-11H,4-5H2,1-3H3,(H2,15,17). The molecule has 0 aromatic carbocycles. The van der Waals surface area contributed by atoms with Crippen LogP contribution < -0.4 is 5.73 Å². The minimum atomic E-state index is 0.444. The number of nitrogens with two attached hydrogens (primary N) is 1. The first kappa shape index (κ1) is 11.5. The molecule has 0 spiro atoms. The number of pyridine rings is 1. The van der Waals surface area contributed by atoms with Gasteiger partial charge < -0.3 is 5.73 Å². The van der Waals surface area contributed by atoms with Crippen molar-refractivity contribution < 1.29 is 0 Å². The van der Waals surface area contributed by atoms with Gasteiger partial charge in [0.05, 0.1) is 0 Å². The summed E-state index contributed by atoms with van der Waals surface area (Å²) < 4.78 is 2.15. The van der Waals surface area contributed by atoms with E-state index in [0.29, 0.717) is 17.9 Å². The van der Waals surface area contributed by atoms with E-state index in [1.165, 1.54) is 12.8 Å². The molecule has 18 heavy (non-hydrogen) atoms. The van der Waals surface area contributed by atoms with Crippen LogP contribution >= 0.6 is 0 Å². The highest BCUT2D eigenvalue weighted by molar-refractivity contribution is 5.77. The summed E-state index contributed by atoms with van der Waals surface area (Å²) in [6.45, 7) is 6.68. The molecule has 1 fully saturated rings. The van der Waals surface area contributed by atoms with Crippen LogP contribution in [0.2, 0.25) is 0 Å². The Morgan fingerprint density at radius 1 is 1.33 bits per heavy atom. The number of rotatable bonds is 1. The van der Waals surface area contributed by atoms with Crippen molar-refractivity contribution in [1.29, 1.82) is 0 Å². The van der Waals surface area contributed by atoms with Crippen LogP contribution in [0.25, 0.3) is 11.2 Å². The molecule has 1 aliphatic rings. The number of nitrogens with zero attached hydrogens (tertiary/aromatic N) is 3. The zero-order chi connectivity index (χ0) is 12.9. The monoisotopic (exact) mass is 244 g/mol. The molecule has 2 N–H and O–H groups in total. The Morgan fingerprint density at radius 2 is 2.11 bits per heavy atom. The average Bonchev–Trinajstić information content (AvgIpc) is 2.83. The van der Waals surface area contributed by atoms with E-state index >= 15 is 0 Å². The summed E-state index contributed by atoms with van der Waals surface area (Å²) in [6.07, 6.45) is 4.28. The van der Waals surface area contributed by atoms with Crippen LogP contribution in [0.1, 0.15) is 38.3 Å². The third-order valence-electron chi connectivity index (χ3n) is 4.56. The van der Waals surface area contributed by atoms with Crippen molar-refractivity contribution in [2.45, 2.75) is 39.7 Å². The lowest BCUT2D eigenvalue weighted by Gasteiger charge is -2.21. The quantitative estimate of drug-likeness (QED) is 0.839. The molecule has 1 aliphatic carbocycles. The van der Waals surface area contributed by atoms with Crippen molar-refractivity contribution in [2.24, 2.45) is 11.8 Å². The van der Waals surface area contributed by atoms with Crippen molar-refractivity contribution in [1.82, 2.24) is 14.5 Å². The second kappa shape index (κ2) is 3.97. The molecule has 0 radical (unpaired) electrons. The molecular weight excluding hydrogens is 224 g/mol. The maximum absolute atomic E-state index is 6.12. The second-order valence-corrected chi connectivity index (χ2v) is 5.62. The summed E-state index contributed by atoms with van der Waals surface area (Å²) in [5, 5.41) is 0. The third-order valence-corrected chi connectivity index (χ3v) is 4.56. The molecule has 3 rings (SSSR count). The van der Waals surface area contributed by atoms with E-state index < -0.39 is 0 Å². The fourth-order valence-corrected chi connectivity index (χ4v) is 3.16. The van der Waals surface area contributed by atoms with Gasteiger partial charge in [-0.1, -0.05) is 13.8 Å². The summed E-state index contributed by atoms with van der Waals surface area (Å²) in [7, 11) is 0. The largest absolute Gasteiger partial charge is 0.369 e. The molecule has 1 saturated carbocycles. The van der Waals surface area contributed by atoms with Crippen molar-refractivity contribution in [3.8, 4) is 0 Å². The molecule has 4 heteroatoms. The first-order valence-electron chi connectivity index (χ1n) is 6.68. The lowest BCUT2D eigenvalue weighted by atomic mass is 9.97. The van der Waals surface area contributed by atoms with Gasteiger partial charge in [-0.3, -0.25) is 4.57 Å². The van der Waals surface area contributed by atoms with Crippen LogP contribution in [-0.2, 0) is 0 Å². The van der Waals surface area contributed by atoms with Crippen molar-refractivity contribution in [3.63, 3.8) is 0 Å². The minimum absolute atomic E-state index is 0.444. The van der Waals surface area contributed by atoms with Crippen LogP contribution in [0.3, 0.4) is 0 Å². The number of fused-ring (bicyclic) bond motifs is 1. The predicted molar refractivity (Wildman–Crippen MR) is 73.3 cm³/mol. The van der Waals surface area contributed by atoms with E-state index in [1.54, 1.807) is 0 Å². The Morgan fingerprint density at radius 3 is 2.78 bits per heavy atom. The number of hydrogen-bond donors (Lipinski definition) is 1. The van der Waals surface area contributed by atoms with Crippen molar-refractivity contribution >= 4 is 17.1 Å². The van der Waals surface area contributed by atoms with Gasteiger partial charge in [0.25, 0.3) is 0 Å². The second-order valence-electron chi connectivity index (χ2n) is 5.62. The number of aromatic nitrogens is 3. The fraction of sp³-hybridized carbons (Fsp3) is 0.571. The number of aryl methyl sites for hydroxylation is 1.